The first-order valence-corrected chi connectivity index (χ1v) is 12.4. The van der Waals surface area contributed by atoms with E-state index in [4.69, 9.17) is 0 Å². The van der Waals surface area contributed by atoms with Crippen molar-refractivity contribution in [2.24, 2.45) is 0 Å². The number of anilines is 2. The van der Waals surface area contributed by atoms with Crippen LogP contribution in [-0.2, 0) is 10.0 Å². The lowest BCUT2D eigenvalue weighted by Gasteiger charge is -2.15. The van der Waals surface area contributed by atoms with E-state index in [1.54, 1.807) is 44.2 Å². The van der Waals surface area contributed by atoms with Gasteiger partial charge in [-0.2, -0.15) is 0 Å². The molecule has 0 fully saturated rings. The van der Waals surface area contributed by atoms with Crippen LogP contribution in [0.25, 0.3) is 11.1 Å². The van der Waals surface area contributed by atoms with E-state index in [1.165, 1.54) is 0 Å². The van der Waals surface area contributed by atoms with Gasteiger partial charge in [-0.05, 0) is 67.3 Å². The van der Waals surface area contributed by atoms with Gasteiger partial charge in [-0.25, -0.2) is 8.42 Å². The molecule has 0 saturated heterocycles. The molecular weight excluding hydrogens is 444 g/mol. The summed E-state index contributed by atoms with van der Waals surface area (Å²) in [7, 11) is -3.81. The van der Waals surface area contributed by atoms with Crippen LogP contribution in [0.3, 0.4) is 0 Å². The van der Waals surface area contributed by atoms with Crippen LogP contribution >= 0.6 is 0 Å². The number of carbonyl (C=O) groups excluding carboxylic acids is 1. The summed E-state index contributed by atoms with van der Waals surface area (Å²) in [5.74, 6) is -0.324. The van der Waals surface area contributed by atoms with Gasteiger partial charge < -0.3 is 5.32 Å². The molecule has 6 heteroatoms. The predicted molar refractivity (Wildman–Crippen MR) is 138 cm³/mol. The summed E-state index contributed by atoms with van der Waals surface area (Å²) in [6.45, 7) is 5.41. The fraction of sp³-hybridized carbons (Fsp3) is 0.107. The second kappa shape index (κ2) is 9.53. The van der Waals surface area contributed by atoms with Crippen molar-refractivity contribution in [2.45, 2.75) is 25.7 Å². The first-order valence-electron chi connectivity index (χ1n) is 10.9. The molecule has 0 heterocycles. The molecule has 0 unspecified atom stereocenters. The van der Waals surface area contributed by atoms with Gasteiger partial charge in [-0.15, -0.1) is 0 Å². The Morgan fingerprint density at radius 2 is 1.38 bits per heavy atom. The maximum Gasteiger partial charge on any atom is 0.262 e. The van der Waals surface area contributed by atoms with Gasteiger partial charge in [-0.1, -0.05) is 66.7 Å². The van der Waals surface area contributed by atoms with E-state index in [9.17, 15) is 13.2 Å². The van der Waals surface area contributed by atoms with Gasteiger partial charge in [0, 0.05) is 16.8 Å². The lowest BCUT2D eigenvalue weighted by molar-refractivity contribution is 0.102. The normalized spacial score (nSPS) is 11.1. The molecule has 4 aromatic carbocycles. The molecule has 1 amide bonds. The summed E-state index contributed by atoms with van der Waals surface area (Å²) in [6.07, 6.45) is 0. The largest absolute Gasteiger partial charge is 0.321 e. The Bertz CT molecular complexity index is 1460. The van der Waals surface area contributed by atoms with Crippen LogP contribution < -0.4 is 10.0 Å². The highest BCUT2D eigenvalue weighted by molar-refractivity contribution is 7.92. The van der Waals surface area contributed by atoms with Gasteiger partial charge in [0.1, 0.15) is 0 Å². The minimum atomic E-state index is -3.81. The highest BCUT2D eigenvalue weighted by Gasteiger charge is 2.19. The van der Waals surface area contributed by atoms with Gasteiger partial charge in [0.25, 0.3) is 15.9 Å². The van der Waals surface area contributed by atoms with Crippen LogP contribution in [0.2, 0.25) is 0 Å². The lowest BCUT2D eigenvalue weighted by atomic mass is 10.0. The zero-order chi connectivity index (χ0) is 24.3. The molecule has 4 aromatic rings. The van der Waals surface area contributed by atoms with Crippen LogP contribution in [0.4, 0.5) is 11.4 Å². The quantitative estimate of drug-likeness (QED) is 0.346. The average molecular weight is 471 g/mol. The Kier molecular flexibility index (Phi) is 6.52. The van der Waals surface area contributed by atoms with Crippen molar-refractivity contribution in [3.63, 3.8) is 0 Å². The van der Waals surface area contributed by atoms with Crippen LogP contribution in [0.15, 0.2) is 95.9 Å². The number of carbonyl (C=O) groups is 1. The molecule has 0 aliphatic heterocycles. The number of nitrogens with one attached hydrogen (secondary N) is 2. The zero-order valence-electron chi connectivity index (χ0n) is 19.3. The summed E-state index contributed by atoms with van der Waals surface area (Å²) < 4.78 is 28.8. The van der Waals surface area contributed by atoms with E-state index >= 15 is 0 Å². The smallest absolute Gasteiger partial charge is 0.262 e. The van der Waals surface area contributed by atoms with E-state index in [2.05, 4.69) is 10.0 Å². The fourth-order valence-corrected chi connectivity index (χ4v) is 5.18. The minimum Gasteiger partial charge on any atom is -0.321 e. The summed E-state index contributed by atoms with van der Waals surface area (Å²) in [6, 6.07) is 27.7. The lowest BCUT2D eigenvalue weighted by Crippen LogP contribution is -2.17. The molecule has 0 aromatic heterocycles. The number of sulfonamides is 1. The molecule has 0 aliphatic rings. The van der Waals surface area contributed by atoms with Gasteiger partial charge >= 0.3 is 0 Å². The molecular formula is C28H26N2O3S. The van der Waals surface area contributed by atoms with Crippen LogP contribution in [0.1, 0.15) is 27.0 Å². The van der Waals surface area contributed by atoms with E-state index in [0.717, 1.165) is 22.3 Å². The summed E-state index contributed by atoms with van der Waals surface area (Å²) >= 11 is 0. The van der Waals surface area contributed by atoms with Crippen molar-refractivity contribution in [2.75, 3.05) is 10.0 Å². The Morgan fingerprint density at radius 3 is 2.15 bits per heavy atom. The molecule has 0 aliphatic carbocycles. The maximum atomic E-state index is 13.1. The van der Waals surface area contributed by atoms with E-state index in [1.807, 2.05) is 67.6 Å². The van der Waals surface area contributed by atoms with Crippen molar-refractivity contribution in [3.8, 4) is 11.1 Å². The van der Waals surface area contributed by atoms with E-state index < -0.39 is 10.0 Å². The molecule has 5 nitrogen and oxygen atoms in total. The zero-order valence-corrected chi connectivity index (χ0v) is 20.1. The number of benzene rings is 4. The molecule has 0 saturated carbocycles. The SMILES string of the molecule is Cc1ccc(C)c(S(=O)(=O)Nc2cc(C(=O)Nc3ccccc3-c3ccccc3)ccc2C)c1. The monoisotopic (exact) mass is 470 g/mol. The molecule has 172 valence electrons. The summed E-state index contributed by atoms with van der Waals surface area (Å²) in [5, 5.41) is 2.97. The minimum absolute atomic E-state index is 0.221. The predicted octanol–water partition coefficient (Wildman–Crippen LogP) is 6.33. The number of aryl methyl sites for hydroxylation is 3. The molecule has 34 heavy (non-hydrogen) atoms. The van der Waals surface area contributed by atoms with Crippen molar-refractivity contribution in [3.05, 3.63) is 113 Å². The van der Waals surface area contributed by atoms with Crippen LogP contribution in [0.5, 0.6) is 0 Å². The topological polar surface area (TPSA) is 75.3 Å². The Balaban J connectivity index is 1.62. The third kappa shape index (κ3) is 5.02. The van der Waals surface area contributed by atoms with Crippen molar-refractivity contribution >= 4 is 27.3 Å². The van der Waals surface area contributed by atoms with Crippen molar-refractivity contribution in [1.29, 1.82) is 0 Å². The summed E-state index contributed by atoms with van der Waals surface area (Å²) in [5.41, 5.74) is 5.52. The maximum absolute atomic E-state index is 13.1. The molecule has 0 bridgehead atoms. The second-order valence-electron chi connectivity index (χ2n) is 8.27. The molecule has 0 atom stereocenters. The number of hydrogen-bond acceptors (Lipinski definition) is 3. The second-order valence-corrected chi connectivity index (χ2v) is 9.92. The van der Waals surface area contributed by atoms with Gasteiger partial charge in [0.2, 0.25) is 0 Å². The van der Waals surface area contributed by atoms with Gasteiger partial charge in [0.15, 0.2) is 0 Å². The summed E-state index contributed by atoms with van der Waals surface area (Å²) in [4.78, 5) is 13.3. The van der Waals surface area contributed by atoms with E-state index in [-0.39, 0.29) is 10.8 Å². The van der Waals surface area contributed by atoms with E-state index in [0.29, 0.717) is 22.5 Å². The van der Waals surface area contributed by atoms with Crippen molar-refractivity contribution < 1.29 is 13.2 Å². The third-order valence-electron chi connectivity index (χ3n) is 5.64. The molecule has 2 N–H and O–H groups in total. The fourth-order valence-electron chi connectivity index (χ4n) is 3.73. The van der Waals surface area contributed by atoms with Gasteiger partial charge in [-0.3, -0.25) is 9.52 Å². The van der Waals surface area contributed by atoms with Crippen molar-refractivity contribution in [1.82, 2.24) is 0 Å². The standard InChI is InChI=1S/C28H26N2O3S/c1-19-13-14-21(3)27(17-19)34(32,33)30-26-18-23(16-15-20(26)2)28(31)29-25-12-8-7-11-24(25)22-9-5-4-6-10-22/h4-18,30H,1-3H3,(H,29,31). The Morgan fingerprint density at radius 1 is 0.706 bits per heavy atom. The molecule has 4 rings (SSSR count). The number of rotatable bonds is 6. The van der Waals surface area contributed by atoms with Gasteiger partial charge in [0.05, 0.1) is 10.6 Å². The third-order valence-corrected chi connectivity index (χ3v) is 7.14. The number of amides is 1. The average Bonchev–Trinajstić information content (AvgIpc) is 2.82. The first-order chi connectivity index (χ1) is 16.2. The highest BCUT2D eigenvalue weighted by Crippen LogP contribution is 2.29. The van der Waals surface area contributed by atoms with Crippen LogP contribution in [0, 0.1) is 20.8 Å². The molecule has 0 spiro atoms. The van der Waals surface area contributed by atoms with Crippen LogP contribution in [-0.4, -0.2) is 14.3 Å². The Hall–Kier alpha value is -3.90. The number of hydrogen-bond donors (Lipinski definition) is 2. The highest BCUT2D eigenvalue weighted by atomic mass is 32.2. The Labute approximate surface area is 200 Å². The number of para-hydroxylation sites is 1. The molecule has 0 radical (unpaired) electrons. The first kappa shape index (κ1) is 23.3.